The Bertz CT molecular complexity index is 913. The molecule has 140 valence electrons. The van der Waals surface area contributed by atoms with Crippen LogP contribution in [0.3, 0.4) is 0 Å². The number of anilines is 1. The fourth-order valence-electron chi connectivity index (χ4n) is 3.68. The summed E-state index contributed by atoms with van der Waals surface area (Å²) in [5.74, 6) is -0.322. The van der Waals surface area contributed by atoms with Crippen LogP contribution in [0.2, 0.25) is 0 Å². The molecular weight excluding hydrogens is 336 g/mol. The van der Waals surface area contributed by atoms with Gasteiger partial charge < -0.3 is 4.90 Å². The van der Waals surface area contributed by atoms with Crippen molar-refractivity contribution < 1.29 is 4.79 Å². The number of fused-ring (bicyclic) bond motifs is 1. The van der Waals surface area contributed by atoms with E-state index in [0.717, 1.165) is 17.7 Å². The van der Waals surface area contributed by atoms with Gasteiger partial charge >= 0.3 is 0 Å². The van der Waals surface area contributed by atoms with E-state index in [1.54, 1.807) is 30.6 Å². The van der Waals surface area contributed by atoms with Crippen molar-refractivity contribution in [2.24, 2.45) is 5.10 Å². The van der Waals surface area contributed by atoms with E-state index >= 15 is 0 Å². The molecule has 2 aromatic rings. The molecule has 0 fully saturated rings. The van der Waals surface area contributed by atoms with Crippen LogP contribution < -0.4 is 10.3 Å². The lowest BCUT2D eigenvalue weighted by Gasteiger charge is -2.43. The third-order valence-electron chi connectivity index (χ3n) is 4.95. The Hall–Kier alpha value is -2.95. The molecule has 1 aromatic carbocycles. The molecule has 0 aliphatic carbocycles. The third kappa shape index (κ3) is 3.77. The molecule has 27 heavy (non-hydrogen) atoms. The molecule has 5 heteroatoms. The Kier molecular flexibility index (Phi) is 5.13. The molecule has 0 saturated carbocycles. The number of benzene rings is 1. The molecule has 0 unspecified atom stereocenters. The number of carbonyl (C=O) groups excluding carboxylic acids is 1. The highest BCUT2D eigenvalue weighted by Crippen LogP contribution is 2.39. The predicted octanol–water partition coefficient (Wildman–Crippen LogP) is 4.18. The SMILES string of the molecule is CCN1c2cc(C)c(/C=N/NC(=O)c3ccccn3)cc2C(C)=CC1(C)C. The lowest BCUT2D eigenvalue weighted by Crippen LogP contribution is -2.45. The number of hydrogen-bond donors (Lipinski definition) is 1. The zero-order valence-electron chi connectivity index (χ0n) is 16.6. The van der Waals surface area contributed by atoms with Crippen molar-refractivity contribution in [3.8, 4) is 0 Å². The molecule has 1 N–H and O–H groups in total. The third-order valence-corrected chi connectivity index (χ3v) is 4.95. The van der Waals surface area contributed by atoms with E-state index in [2.05, 4.69) is 73.2 Å². The van der Waals surface area contributed by atoms with Crippen LogP contribution in [0.25, 0.3) is 5.57 Å². The first-order chi connectivity index (χ1) is 12.8. The van der Waals surface area contributed by atoms with Gasteiger partial charge in [-0.3, -0.25) is 9.78 Å². The summed E-state index contributed by atoms with van der Waals surface area (Å²) in [6.45, 7) is 11.8. The summed E-state index contributed by atoms with van der Waals surface area (Å²) in [5, 5.41) is 4.12. The van der Waals surface area contributed by atoms with Gasteiger partial charge in [0, 0.05) is 24.0 Å². The Balaban J connectivity index is 1.86. The minimum atomic E-state index is -0.322. The van der Waals surface area contributed by atoms with E-state index < -0.39 is 0 Å². The van der Waals surface area contributed by atoms with Gasteiger partial charge in [0.05, 0.1) is 11.8 Å². The van der Waals surface area contributed by atoms with Crippen LogP contribution in [0, 0.1) is 6.92 Å². The van der Waals surface area contributed by atoms with E-state index in [4.69, 9.17) is 0 Å². The summed E-state index contributed by atoms with van der Waals surface area (Å²) >= 11 is 0. The van der Waals surface area contributed by atoms with Crippen LogP contribution in [0.4, 0.5) is 5.69 Å². The van der Waals surface area contributed by atoms with Crippen LogP contribution in [-0.2, 0) is 0 Å². The van der Waals surface area contributed by atoms with Crippen molar-refractivity contribution in [1.29, 1.82) is 0 Å². The number of likely N-dealkylation sites (N-methyl/N-ethyl adjacent to an activating group) is 1. The summed E-state index contributed by atoms with van der Waals surface area (Å²) in [5.41, 5.74) is 8.69. The van der Waals surface area contributed by atoms with E-state index in [-0.39, 0.29) is 11.4 Å². The smallest absolute Gasteiger partial charge is 0.289 e. The van der Waals surface area contributed by atoms with Gasteiger partial charge in [0.25, 0.3) is 5.91 Å². The van der Waals surface area contributed by atoms with Crippen LogP contribution in [-0.4, -0.2) is 29.2 Å². The predicted molar refractivity (Wildman–Crippen MR) is 111 cm³/mol. The van der Waals surface area contributed by atoms with Gasteiger partial charge in [-0.2, -0.15) is 5.10 Å². The first kappa shape index (κ1) is 18.8. The average molecular weight is 362 g/mol. The van der Waals surface area contributed by atoms with Crippen LogP contribution in [0.1, 0.15) is 54.9 Å². The molecule has 0 saturated heterocycles. The summed E-state index contributed by atoms with van der Waals surface area (Å²) < 4.78 is 0. The maximum atomic E-state index is 12.1. The summed E-state index contributed by atoms with van der Waals surface area (Å²) in [4.78, 5) is 18.5. The van der Waals surface area contributed by atoms with Gasteiger partial charge in [0.2, 0.25) is 0 Å². The van der Waals surface area contributed by atoms with Gasteiger partial charge in [-0.05, 0) is 75.6 Å². The Morgan fingerprint density at radius 2 is 2.07 bits per heavy atom. The van der Waals surface area contributed by atoms with Crippen molar-refractivity contribution in [1.82, 2.24) is 10.4 Å². The molecule has 5 nitrogen and oxygen atoms in total. The van der Waals surface area contributed by atoms with Crippen molar-refractivity contribution in [2.75, 3.05) is 11.4 Å². The maximum absolute atomic E-state index is 12.1. The van der Waals surface area contributed by atoms with E-state index in [1.165, 1.54) is 16.8 Å². The largest absolute Gasteiger partial charge is 0.363 e. The van der Waals surface area contributed by atoms with Crippen molar-refractivity contribution in [3.05, 3.63) is 65.0 Å². The Morgan fingerprint density at radius 3 is 2.74 bits per heavy atom. The lowest BCUT2D eigenvalue weighted by atomic mass is 9.87. The van der Waals surface area contributed by atoms with E-state index in [9.17, 15) is 4.79 Å². The zero-order valence-corrected chi connectivity index (χ0v) is 16.6. The first-order valence-corrected chi connectivity index (χ1v) is 9.20. The number of hydrazone groups is 1. The summed E-state index contributed by atoms with van der Waals surface area (Å²) in [6, 6.07) is 9.55. The second kappa shape index (κ2) is 7.35. The number of hydrogen-bond acceptors (Lipinski definition) is 4. The number of allylic oxidation sites excluding steroid dienone is 1. The molecule has 0 spiro atoms. The topological polar surface area (TPSA) is 57.6 Å². The van der Waals surface area contributed by atoms with E-state index in [0.29, 0.717) is 5.69 Å². The summed E-state index contributed by atoms with van der Waals surface area (Å²) in [6.07, 6.45) is 5.58. The average Bonchev–Trinajstić information content (AvgIpc) is 2.63. The van der Waals surface area contributed by atoms with Gasteiger partial charge in [-0.15, -0.1) is 0 Å². The molecule has 1 aromatic heterocycles. The highest BCUT2D eigenvalue weighted by atomic mass is 16.2. The molecule has 0 radical (unpaired) electrons. The van der Waals surface area contributed by atoms with Gasteiger partial charge in [0.15, 0.2) is 0 Å². The molecule has 1 aliphatic rings. The highest BCUT2D eigenvalue weighted by Gasteiger charge is 2.30. The number of nitrogens with zero attached hydrogens (tertiary/aromatic N) is 3. The molecule has 3 rings (SSSR count). The van der Waals surface area contributed by atoms with Crippen LogP contribution in [0.15, 0.2) is 47.7 Å². The summed E-state index contributed by atoms with van der Waals surface area (Å²) in [7, 11) is 0. The number of pyridine rings is 1. The van der Waals surface area contributed by atoms with Crippen LogP contribution in [0.5, 0.6) is 0 Å². The van der Waals surface area contributed by atoms with Crippen molar-refractivity contribution >= 4 is 23.4 Å². The second-order valence-electron chi connectivity index (χ2n) is 7.37. The molecule has 1 amide bonds. The lowest BCUT2D eigenvalue weighted by molar-refractivity contribution is 0.0950. The standard InChI is InChI=1S/C22H26N4O/c1-6-26-20-11-15(2)17(12-18(20)16(3)13-22(26,4)5)14-24-25-21(27)19-9-7-8-10-23-19/h7-14H,6H2,1-5H3,(H,25,27)/b24-14+. The van der Waals surface area contributed by atoms with Gasteiger partial charge in [0.1, 0.15) is 5.69 Å². The normalized spacial score (nSPS) is 15.4. The van der Waals surface area contributed by atoms with Gasteiger partial charge in [-0.25, -0.2) is 5.43 Å². The molecule has 2 heterocycles. The fraction of sp³-hybridized carbons (Fsp3) is 0.318. The monoisotopic (exact) mass is 362 g/mol. The Labute approximate surface area is 160 Å². The van der Waals surface area contributed by atoms with Crippen LogP contribution >= 0.6 is 0 Å². The first-order valence-electron chi connectivity index (χ1n) is 9.20. The zero-order chi connectivity index (χ0) is 19.6. The highest BCUT2D eigenvalue weighted by molar-refractivity contribution is 5.94. The number of aryl methyl sites for hydroxylation is 1. The maximum Gasteiger partial charge on any atom is 0.289 e. The molecular formula is C22H26N4O. The van der Waals surface area contributed by atoms with Gasteiger partial charge in [-0.1, -0.05) is 12.1 Å². The number of rotatable bonds is 4. The minimum absolute atomic E-state index is 0.00939. The quantitative estimate of drug-likeness (QED) is 0.656. The molecule has 1 aliphatic heterocycles. The van der Waals surface area contributed by atoms with Crippen molar-refractivity contribution in [3.63, 3.8) is 0 Å². The fourth-order valence-corrected chi connectivity index (χ4v) is 3.68. The number of amides is 1. The number of nitrogens with one attached hydrogen (secondary N) is 1. The second-order valence-corrected chi connectivity index (χ2v) is 7.37. The number of aromatic nitrogens is 1. The molecule has 0 bridgehead atoms. The molecule has 0 atom stereocenters. The number of carbonyl (C=O) groups is 1. The van der Waals surface area contributed by atoms with Crippen molar-refractivity contribution in [2.45, 2.75) is 40.2 Å². The Morgan fingerprint density at radius 1 is 1.30 bits per heavy atom. The minimum Gasteiger partial charge on any atom is -0.363 e. The van der Waals surface area contributed by atoms with E-state index in [1.807, 2.05) is 0 Å².